The van der Waals surface area contributed by atoms with Crippen molar-refractivity contribution in [2.75, 3.05) is 25.5 Å². The molecule has 0 radical (unpaired) electrons. The van der Waals surface area contributed by atoms with Crippen molar-refractivity contribution in [3.05, 3.63) is 23.8 Å². The number of benzene rings is 1. The maximum absolute atomic E-state index is 12.1. The second-order valence-electron chi connectivity index (χ2n) is 4.37. The normalized spacial score (nSPS) is 14.3. The number of anilines is 1. The number of thiocarbonyl (C=S) groups is 1. The number of rotatable bonds is 3. The highest BCUT2D eigenvalue weighted by molar-refractivity contribution is 7.80. The van der Waals surface area contributed by atoms with Gasteiger partial charge in [-0.25, -0.2) is 4.79 Å². The fraction of sp³-hybridized carbons (Fsp3) is 0.385. The largest absolute Gasteiger partial charge is 0.495 e. The number of nitrogens with one attached hydrogen (secondary N) is 1. The molecule has 0 spiro atoms. The van der Waals surface area contributed by atoms with Crippen molar-refractivity contribution < 1.29 is 9.53 Å². The molecule has 2 amide bonds. The summed E-state index contributed by atoms with van der Waals surface area (Å²) in [4.78, 5) is 14.1. The first-order chi connectivity index (χ1) is 9.13. The molecule has 5 nitrogen and oxygen atoms in total. The van der Waals surface area contributed by atoms with Gasteiger partial charge in [-0.15, -0.1) is 0 Å². The number of urea groups is 1. The summed E-state index contributed by atoms with van der Waals surface area (Å²) in [5, 5.41) is 2.85. The van der Waals surface area contributed by atoms with E-state index in [0.29, 0.717) is 17.0 Å². The lowest BCUT2D eigenvalue weighted by molar-refractivity contribution is 0.222. The highest BCUT2D eigenvalue weighted by Crippen LogP contribution is 2.29. The Hall–Kier alpha value is -1.82. The maximum atomic E-state index is 12.1. The molecule has 3 N–H and O–H groups in total. The van der Waals surface area contributed by atoms with E-state index in [4.69, 9.17) is 22.7 Å². The summed E-state index contributed by atoms with van der Waals surface area (Å²) in [5.74, 6) is 0.554. The molecule has 1 heterocycles. The first-order valence-corrected chi connectivity index (χ1v) is 6.57. The molecule has 1 aromatic carbocycles. The van der Waals surface area contributed by atoms with Gasteiger partial charge in [0.15, 0.2) is 0 Å². The van der Waals surface area contributed by atoms with Gasteiger partial charge in [0.1, 0.15) is 10.7 Å². The smallest absolute Gasteiger partial charge is 0.321 e. The molecule has 1 fully saturated rings. The van der Waals surface area contributed by atoms with E-state index in [0.717, 1.165) is 25.9 Å². The summed E-state index contributed by atoms with van der Waals surface area (Å²) in [6, 6.07) is 5.18. The number of methoxy groups -OCH3 is 1. The molecule has 1 saturated heterocycles. The minimum absolute atomic E-state index is 0.139. The quantitative estimate of drug-likeness (QED) is 0.830. The number of para-hydroxylation sites is 1. The Kier molecular flexibility index (Phi) is 4.21. The Morgan fingerprint density at radius 1 is 1.42 bits per heavy atom. The van der Waals surface area contributed by atoms with Crippen LogP contribution in [0, 0.1) is 0 Å². The molecule has 19 heavy (non-hydrogen) atoms. The average molecular weight is 279 g/mol. The number of ether oxygens (including phenoxy) is 1. The molecule has 0 bridgehead atoms. The van der Waals surface area contributed by atoms with E-state index >= 15 is 0 Å². The number of likely N-dealkylation sites (tertiary alicyclic amines) is 1. The number of hydrogen-bond acceptors (Lipinski definition) is 3. The monoisotopic (exact) mass is 279 g/mol. The van der Waals surface area contributed by atoms with E-state index in [9.17, 15) is 4.79 Å². The lowest BCUT2D eigenvalue weighted by Gasteiger charge is -2.19. The van der Waals surface area contributed by atoms with E-state index in [2.05, 4.69) is 5.32 Å². The zero-order chi connectivity index (χ0) is 13.8. The van der Waals surface area contributed by atoms with E-state index in [1.54, 1.807) is 30.2 Å². The fourth-order valence-electron chi connectivity index (χ4n) is 2.14. The predicted octanol–water partition coefficient (Wildman–Crippen LogP) is 1.96. The molecule has 6 heteroatoms. The van der Waals surface area contributed by atoms with Crippen molar-refractivity contribution in [3.63, 3.8) is 0 Å². The molecule has 0 aliphatic carbocycles. The van der Waals surface area contributed by atoms with Crippen molar-refractivity contribution in [2.24, 2.45) is 5.73 Å². The number of nitrogens with two attached hydrogens (primary N) is 1. The lowest BCUT2D eigenvalue weighted by Crippen LogP contribution is -2.33. The third-order valence-electron chi connectivity index (χ3n) is 3.14. The van der Waals surface area contributed by atoms with Crippen LogP contribution >= 0.6 is 12.2 Å². The molecule has 0 unspecified atom stereocenters. The fourth-order valence-corrected chi connectivity index (χ4v) is 2.31. The van der Waals surface area contributed by atoms with Crippen LogP contribution in [0.4, 0.5) is 10.5 Å². The van der Waals surface area contributed by atoms with Crippen LogP contribution in [-0.2, 0) is 0 Å². The molecular weight excluding hydrogens is 262 g/mol. The van der Waals surface area contributed by atoms with Crippen LogP contribution in [0.5, 0.6) is 5.75 Å². The lowest BCUT2D eigenvalue weighted by atomic mass is 10.1. The second kappa shape index (κ2) is 5.88. The summed E-state index contributed by atoms with van der Waals surface area (Å²) in [6.45, 7) is 1.56. The van der Waals surface area contributed by atoms with Crippen molar-refractivity contribution in [2.45, 2.75) is 12.8 Å². The number of carbonyl (C=O) groups is 1. The minimum Gasteiger partial charge on any atom is -0.495 e. The Morgan fingerprint density at radius 3 is 2.68 bits per heavy atom. The van der Waals surface area contributed by atoms with Crippen molar-refractivity contribution in [1.29, 1.82) is 0 Å². The topological polar surface area (TPSA) is 67.6 Å². The van der Waals surface area contributed by atoms with E-state index in [1.165, 1.54) is 0 Å². The zero-order valence-corrected chi connectivity index (χ0v) is 11.6. The van der Waals surface area contributed by atoms with Gasteiger partial charge in [0, 0.05) is 18.7 Å². The van der Waals surface area contributed by atoms with Gasteiger partial charge >= 0.3 is 6.03 Å². The summed E-state index contributed by atoms with van der Waals surface area (Å²) >= 11 is 5.00. The first kappa shape index (κ1) is 13.6. The predicted molar refractivity (Wildman–Crippen MR) is 78.7 cm³/mol. The van der Waals surface area contributed by atoms with Gasteiger partial charge in [-0.3, -0.25) is 0 Å². The minimum atomic E-state index is -0.139. The highest BCUT2D eigenvalue weighted by Gasteiger charge is 2.20. The van der Waals surface area contributed by atoms with E-state index in [1.807, 2.05) is 0 Å². The van der Waals surface area contributed by atoms with Crippen LogP contribution in [0.3, 0.4) is 0 Å². The van der Waals surface area contributed by atoms with Gasteiger partial charge in [-0.1, -0.05) is 18.3 Å². The average Bonchev–Trinajstić information content (AvgIpc) is 2.92. The van der Waals surface area contributed by atoms with Crippen molar-refractivity contribution in [3.8, 4) is 5.75 Å². The molecule has 2 rings (SSSR count). The zero-order valence-electron chi connectivity index (χ0n) is 10.8. The van der Waals surface area contributed by atoms with Crippen molar-refractivity contribution in [1.82, 2.24) is 4.90 Å². The van der Waals surface area contributed by atoms with Crippen LogP contribution in [0.2, 0.25) is 0 Å². The standard InChI is InChI=1S/C13H17N3O2S/c1-18-10-6-4-5-9(12(14)19)11(10)15-13(17)16-7-2-3-8-16/h4-6H,2-3,7-8H2,1H3,(H2,14,19)(H,15,17). The highest BCUT2D eigenvalue weighted by atomic mass is 32.1. The number of amides is 2. The Labute approximate surface area is 117 Å². The second-order valence-corrected chi connectivity index (χ2v) is 4.81. The van der Waals surface area contributed by atoms with E-state index in [-0.39, 0.29) is 11.0 Å². The molecular formula is C13H17N3O2S. The van der Waals surface area contributed by atoms with Crippen molar-refractivity contribution >= 4 is 28.9 Å². The molecule has 1 aliphatic heterocycles. The molecule has 102 valence electrons. The summed E-state index contributed by atoms with van der Waals surface area (Å²) in [6.07, 6.45) is 2.09. The Balaban J connectivity index is 2.26. The van der Waals surface area contributed by atoms with Gasteiger partial charge in [-0.2, -0.15) is 0 Å². The molecule has 0 saturated carbocycles. The third-order valence-corrected chi connectivity index (χ3v) is 3.36. The van der Waals surface area contributed by atoms with Gasteiger partial charge in [-0.05, 0) is 25.0 Å². The van der Waals surface area contributed by atoms with Crippen LogP contribution in [0.1, 0.15) is 18.4 Å². The number of nitrogens with zero attached hydrogens (tertiary/aromatic N) is 1. The van der Waals surface area contributed by atoms with Crippen LogP contribution < -0.4 is 15.8 Å². The van der Waals surface area contributed by atoms with Gasteiger partial charge < -0.3 is 20.7 Å². The van der Waals surface area contributed by atoms with Gasteiger partial charge in [0.25, 0.3) is 0 Å². The number of carbonyl (C=O) groups excluding carboxylic acids is 1. The van der Waals surface area contributed by atoms with Gasteiger partial charge in [0.2, 0.25) is 0 Å². The Bertz CT molecular complexity index is 499. The molecule has 1 aliphatic rings. The van der Waals surface area contributed by atoms with Crippen LogP contribution in [0.15, 0.2) is 18.2 Å². The number of hydrogen-bond donors (Lipinski definition) is 2. The maximum Gasteiger partial charge on any atom is 0.321 e. The summed E-state index contributed by atoms with van der Waals surface area (Å²) in [7, 11) is 1.55. The molecule has 0 aromatic heterocycles. The SMILES string of the molecule is COc1cccc(C(N)=S)c1NC(=O)N1CCCC1. The molecule has 0 atom stereocenters. The molecule has 1 aromatic rings. The summed E-state index contributed by atoms with van der Waals surface area (Å²) < 4.78 is 5.25. The van der Waals surface area contributed by atoms with Crippen LogP contribution in [-0.4, -0.2) is 36.1 Å². The Morgan fingerprint density at radius 2 is 2.11 bits per heavy atom. The summed E-state index contributed by atoms with van der Waals surface area (Å²) in [5.41, 5.74) is 6.83. The van der Waals surface area contributed by atoms with E-state index < -0.39 is 0 Å². The third kappa shape index (κ3) is 2.96. The van der Waals surface area contributed by atoms with Crippen LogP contribution in [0.25, 0.3) is 0 Å². The first-order valence-electron chi connectivity index (χ1n) is 6.16. The van der Waals surface area contributed by atoms with Gasteiger partial charge in [0.05, 0.1) is 12.8 Å².